The van der Waals surface area contributed by atoms with Gasteiger partial charge in [0.1, 0.15) is 0 Å². The molecular weight excluding hydrogens is 286 g/mol. The zero-order valence-electron chi connectivity index (χ0n) is 13.2. The Balaban J connectivity index is 3.04. The Morgan fingerprint density at radius 3 is 2.33 bits per heavy atom. The second-order valence-corrected chi connectivity index (χ2v) is 6.81. The number of rotatable bonds is 6. The Morgan fingerprint density at radius 2 is 1.86 bits per heavy atom. The van der Waals surface area contributed by atoms with Gasteiger partial charge in [-0.15, -0.1) is 11.8 Å². The molecule has 116 valence electrons. The van der Waals surface area contributed by atoms with Crippen molar-refractivity contribution in [3.05, 3.63) is 28.8 Å². The summed E-state index contributed by atoms with van der Waals surface area (Å²) in [6.07, 6.45) is 0. The Bertz CT molecular complexity index is 541. The summed E-state index contributed by atoms with van der Waals surface area (Å²) in [5.74, 6) is 0.0370. The zero-order valence-corrected chi connectivity index (χ0v) is 14.0. The van der Waals surface area contributed by atoms with Crippen LogP contribution < -0.4 is 5.32 Å². The smallest absolute Gasteiger partial charge is 0.336 e. The summed E-state index contributed by atoms with van der Waals surface area (Å²) in [6, 6.07) is 3.33. The van der Waals surface area contributed by atoms with E-state index in [2.05, 4.69) is 5.32 Å². The Hall–Kier alpha value is -1.49. The highest BCUT2D eigenvalue weighted by molar-refractivity contribution is 8.00. The van der Waals surface area contributed by atoms with Gasteiger partial charge in [0.2, 0.25) is 5.91 Å². The fourth-order valence-electron chi connectivity index (χ4n) is 2.17. The minimum absolute atomic E-state index is 0.0693. The first-order valence-electron chi connectivity index (χ1n) is 7.04. The molecule has 1 atom stereocenters. The van der Waals surface area contributed by atoms with Gasteiger partial charge in [0.05, 0.1) is 10.8 Å². The van der Waals surface area contributed by atoms with Crippen molar-refractivity contribution < 1.29 is 14.7 Å². The first-order valence-corrected chi connectivity index (χ1v) is 8.09. The van der Waals surface area contributed by atoms with E-state index in [1.807, 2.05) is 27.7 Å². The zero-order chi connectivity index (χ0) is 16.2. The van der Waals surface area contributed by atoms with E-state index in [0.717, 1.165) is 11.3 Å². The van der Waals surface area contributed by atoms with Crippen LogP contribution in [0.15, 0.2) is 12.1 Å². The third-order valence-electron chi connectivity index (χ3n) is 3.27. The fraction of sp³-hybridized carbons (Fsp3) is 0.500. The third kappa shape index (κ3) is 4.49. The van der Waals surface area contributed by atoms with Gasteiger partial charge >= 0.3 is 5.97 Å². The molecule has 2 N–H and O–H groups in total. The van der Waals surface area contributed by atoms with E-state index in [0.29, 0.717) is 11.3 Å². The normalized spacial score (nSPS) is 12.3. The number of hydrogen-bond acceptors (Lipinski definition) is 3. The lowest BCUT2D eigenvalue weighted by atomic mass is 10.0. The molecule has 0 saturated heterocycles. The summed E-state index contributed by atoms with van der Waals surface area (Å²) in [5.41, 5.74) is 2.36. The number of nitrogens with one attached hydrogen (secondary N) is 1. The predicted octanol–water partition coefficient (Wildman–Crippen LogP) is 3.72. The van der Waals surface area contributed by atoms with Crippen LogP contribution in [0.4, 0.5) is 5.69 Å². The molecule has 0 heterocycles. The predicted molar refractivity (Wildman–Crippen MR) is 88.3 cm³/mol. The molecule has 0 aliphatic heterocycles. The van der Waals surface area contributed by atoms with Crippen molar-refractivity contribution >= 4 is 29.3 Å². The first-order chi connectivity index (χ1) is 9.77. The van der Waals surface area contributed by atoms with Crippen molar-refractivity contribution in [1.82, 2.24) is 0 Å². The Labute approximate surface area is 130 Å². The molecule has 1 amide bonds. The second-order valence-electron chi connectivity index (χ2n) is 5.40. The second kappa shape index (κ2) is 7.50. The van der Waals surface area contributed by atoms with Gasteiger partial charge < -0.3 is 10.4 Å². The van der Waals surface area contributed by atoms with Crippen LogP contribution in [0.3, 0.4) is 0 Å². The molecule has 0 bridgehead atoms. The topological polar surface area (TPSA) is 66.4 Å². The molecule has 1 unspecified atom stereocenters. The molecule has 0 fully saturated rings. The lowest BCUT2D eigenvalue weighted by Crippen LogP contribution is -2.30. The van der Waals surface area contributed by atoms with Crippen LogP contribution in [0.5, 0.6) is 0 Å². The Morgan fingerprint density at radius 1 is 1.24 bits per heavy atom. The molecule has 0 aliphatic rings. The van der Waals surface area contributed by atoms with Crippen LogP contribution in [0.25, 0.3) is 0 Å². The number of carboxylic acids is 1. The number of carbonyl (C=O) groups excluding carboxylic acids is 1. The molecule has 0 saturated carbocycles. The molecule has 0 aromatic heterocycles. The van der Waals surface area contributed by atoms with Crippen molar-refractivity contribution in [3.8, 4) is 0 Å². The monoisotopic (exact) mass is 309 g/mol. The molecule has 0 radical (unpaired) electrons. The van der Waals surface area contributed by atoms with Gasteiger partial charge in [0, 0.05) is 5.69 Å². The van der Waals surface area contributed by atoms with E-state index in [-0.39, 0.29) is 22.6 Å². The molecule has 1 rings (SSSR count). The summed E-state index contributed by atoms with van der Waals surface area (Å²) >= 11 is 1.60. The number of anilines is 1. The van der Waals surface area contributed by atoms with Crippen molar-refractivity contribution in [3.63, 3.8) is 0 Å². The fourth-order valence-corrected chi connectivity index (χ4v) is 3.13. The van der Waals surface area contributed by atoms with Gasteiger partial charge in [-0.25, -0.2) is 4.79 Å². The van der Waals surface area contributed by atoms with Crippen LogP contribution in [0.1, 0.15) is 42.3 Å². The number of carboxylic acid groups (broad SMARTS) is 1. The maximum Gasteiger partial charge on any atom is 0.336 e. The van der Waals surface area contributed by atoms with Gasteiger partial charge in [-0.2, -0.15) is 0 Å². The van der Waals surface area contributed by atoms with Crippen LogP contribution in [0.2, 0.25) is 0 Å². The SMILES string of the molecule is CCSC(C(=O)Nc1cc(C(=O)O)c(C)cc1C)C(C)C. The maximum absolute atomic E-state index is 12.4. The van der Waals surface area contributed by atoms with E-state index >= 15 is 0 Å². The van der Waals surface area contributed by atoms with Crippen molar-refractivity contribution in [2.24, 2.45) is 5.92 Å². The quantitative estimate of drug-likeness (QED) is 0.840. The highest BCUT2D eigenvalue weighted by atomic mass is 32.2. The van der Waals surface area contributed by atoms with E-state index < -0.39 is 5.97 Å². The van der Waals surface area contributed by atoms with Crippen molar-refractivity contribution in [2.45, 2.75) is 39.9 Å². The van der Waals surface area contributed by atoms with Gasteiger partial charge in [-0.05, 0) is 42.7 Å². The average Bonchev–Trinajstić information content (AvgIpc) is 2.38. The standard InChI is InChI=1S/C16H23NO3S/c1-6-21-14(9(2)3)15(18)17-13-8-12(16(19)20)10(4)7-11(13)5/h7-9,14H,6H2,1-5H3,(H,17,18)(H,19,20). The summed E-state index contributed by atoms with van der Waals surface area (Å²) in [4.78, 5) is 23.6. The van der Waals surface area contributed by atoms with Gasteiger partial charge in [0.15, 0.2) is 0 Å². The van der Waals surface area contributed by atoms with Crippen LogP contribution in [-0.2, 0) is 4.79 Å². The van der Waals surface area contributed by atoms with Gasteiger partial charge in [0.25, 0.3) is 0 Å². The number of hydrogen-bond donors (Lipinski definition) is 2. The van der Waals surface area contributed by atoms with E-state index in [9.17, 15) is 14.7 Å². The summed E-state index contributed by atoms with van der Waals surface area (Å²) in [6.45, 7) is 9.67. The van der Waals surface area contributed by atoms with Gasteiger partial charge in [-0.1, -0.05) is 26.8 Å². The summed E-state index contributed by atoms with van der Waals surface area (Å²) in [5, 5.41) is 11.9. The number of aryl methyl sites for hydroxylation is 2. The highest BCUT2D eigenvalue weighted by Gasteiger charge is 2.23. The maximum atomic E-state index is 12.4. The molecule has 1 aromatic carbocycles. The van der Waals surface area contributed by atoms with Crippen molar-refractivity contribution in [1.29, 1.82) is 0 Å². The van der Waals surface area contributed by atoms with Crippen LogP contribution in [0, 0.1) is 19.8 Å². The lowest BCUT2D eigenvalue weighted by Gasteiger charge is -2.20. The largest absolute Gasteiger partial charge is 0.478 e. The highest BCUT2D eigenvalue weighted by Crippen LogP contribution is 2.24. The van der Waals surface area contributed by atoms with Crippen molar-refractivity contribution in [2.75, 3.05) is 11.1 Å². The van der Waals surface area contributed by atoms with Crippen LogP contribution in [-0.4, -0.2) is 28.0 Å². The lowest BCUT2D eigenvalue weighted by molar-refractivity contribution is -0.116. The number of carbonyl (C=O) groups is 2. The van der Waals surface area contributed by atoms with Gasteiger partial charge in [-0.3, -0.25) is 4.79 Å². The van der Waals surface area contributed by atoms with E-state index in [1.165, 1.54) is 0 Å². The third-order valence-corrected chi connectivity index (χ3v) is 4.72. The molecule has 5 heteroatoms. The molecule has 4 nitrogen and oxygen atoms in total. The molecule has 0 aliphatic carbocycles. The first kappa shape index (κ1) is 17.6. The summed E-state index contributed by atoms with van der Waals surface area (Å²) < 4.78 is 0. The number of aromatic carboxylic acids is 1. The van der Waals surface area contributed by atoms with E-state index in [4.69, 9.17) is 0 Å². The minimum Gasteiger partial charge on any atom is -0.478 e. The minimum atomic E-state index is -0.980. The molecule has 21 heavy (non-hydrogen) atoms. The Kier molecular flexibility index (Phi) is 6.27. The summed E-state index contributed by atoms with van der Waals surface area (Å²) in [7, 11) is 0. The van der Waals surface area contributed by atoms with E-state index in [1.54, 1.807) is 30.8 Å². The number of thioether (sulfide) groups is 1. The number of amides is 1. The number of benzene rings is 1. The molecular formula is C16H23NO3S. The average molecular weight is 309 g/mol. The molecule has 1 aromatic rings. The van der Waals surface area contributed by atoms with Crippen LogP contribution >= 0.6 is 11.8 Å². The molecule has 0 spiro atoms.